The second-order valence-electron chi connectivity index (χ2n) is 8.19. The predicted octanol–water partition coefficient (Wildman–Crippen LogP) is 4.66. The average Bonchev–Trinajstić information content (AvgIpc) is 3.42. The molecule has 1 aliphatic heterocycles. The molecular weight excluding hydrogens is 417 g/mol. The Labute approximate surface area is 184 Å². The molecule has 0 spiro atoms. The topological polar surface area (TPSA) is 72.3 Å². The number of hydrogen-bond donors (Lipinski definition) is 1. The third kappa shape index (κ3) is 4.71. The number of nitrogens with one attached hydrogen (secondary N) is 1. The molecule has 1 aliphatic rings. The number of carbonyl (C=O) groups is 1. The number of halogens is 1. The Morgan fingerprint density at radius 3 is 2.97 bits per heavy atom. The van der Waals surface area contributed by atoms with Gasteiger partial charge < -0.3 is 19.5 Å². The van der Waals surface area contributed by atoms with Crippen LogP contribution >= 0.6 is 11.3 Å². The number of thiazole rings is 1. The number of rotatable bonds is 7. The van der Waals surface area contributed by atoms with Gasteiger partial charge >= 0.3 is 0 Å². The van der Waals surface area contributed by atoms with Crippen LogP contribution in [0.4, 0.5) is 15.3 Å². The number of amides is 1. The van der Waals surface area contributed by atoms with Crippen LogP contribution in [0.2, 0.25) is 0 Å². The number of nitrogens with zero attached hydrogens (tertiary/aromatic N) is 4. The van der Waals surface area contributed by atoms with E-state index in [1.54, 1.807) is 11.3 Å². The summed E-state index contributed by atoms with van der Waals surface area (Å²) in [5.74, 6) is -0.00847. The molecule has 4 heterocycles. The minimum absolute atomic E-state index is 0.259. The molecule has 31 heavy (non-hydrogen) atoms. The van der Waals surface area contributed by atoms with Crippen molar-refractivity contribution in [2.45, 2.75) is 39.8 Å². The van der Waals surface area contributed by atoms with E-state index in [0.29, 0.717) is 37.1 Å². The summed E-state index contributed by atoms with van der Waals surface area (Å²) in [7, 11) is 0. The van der Waals surface area contributed by atoms with E-state index in [1.165, 1.54) is 4.90 Å². The normalized spacial score (nSPS) is 16.3. The third-order valence-corrected chi connectivity index (χ3v) is 5.92. The summed E-state index contributed by atoms with van der Waals surface area (Å²) < 4.78 is 21.6. The second-order valence-corrected chi connectivity index (χ2v) is 9.43. The van der Waals surface area contributed by atoms with Crippen LogP contribution < -0.4 is 10.1 Å². The van der Waals surface area contributed by atoms with Crippen LogP contribution in [0.15, 0.2) is 36.9 Å². The predicted molar refractivity (Wildman–Crippen MR) is 121 cm³/mol. The number of likely N-dealkylation sites (tertiary alicyclic amines) is 1. The number of fused-ring (bicyclic) bond motifs is 1. The van der Waals surface area contributed by atoms with Gasteiger partial charge in [0.25, 0.3) is 5.91 Å². The molecular formula is C22H26FN5O2S. The molecule has 1 unspecified atom stereocenters. The summed E-state index contributed by atoms with van der Waals surface area (Å²) in [5, 5.41) is 4.94. The fraction of sp³-hybridized carbons (Fsp3) is 0.409. The number of aromatic nitrogens is 3. The average molecular weight is 444 g/mol. The van der Waals surface area contributed by atoms with Crippen LogP contribution in [0.3, 0.4) is 0 Å². The molecule has 4 rings (SSSR count). The summed E-state index contributed by atoms with van der Waals surface area (Å²) in [4.78, 5) is 23.5. The minimum atomic E-state index is -0.947. The van der Waals surface area contributed by atoms with Gasteiger partial charge in [0.2, 0.25) is 5.88 Å². The Morgan fingerprint density at radius 2 is 2.29 bits per heavy atom. The molecule has 0 aromatic carbocycles. The molecule has 1 fully saturated rings. The summed E-state index contributed by atoms with van der Waals surface area (Å²) in [5.41, 5.74) is 1.01. The van der Waals surface area contributed by atoms with Crippen LogP contribution in [0, 0.1) is 12.8 Å². The van der Waals surface area contributed by atoms with Crippen LogP contribution in [0.25, 0.3) is 10.9 Å². The number of ether oxygens (including phenoxy) is 1. The summed E-state index contributed by atoms with van der Waals surface area (Å²) in [6.07, 6.45) is 4.20. The van der Waals surface area contributed by atoms with Gasteiger partial charge in [-0.1, -0.05) is 20.4 Å². The largest absolute Gasteiger partial charge is 0.472 e. The summed E-state index contributed by atoms with van der Waals surface area (Å²) in [6.45, 7) is 11.1. The second kappa shape index (κ2) is 8.66. The van der Waals surface area contributed by atoms with Crippen molar-refractivity contribution in [3.63, 3.8) is 0 Å². The summed E-state index contributed by atoms with van der Waals surface area (Å²) in [6, 6.07) is 4.00. The van der Waals surface area contributed by atoms with Crippen molar-refractivity contribution >= 4 is 39.1 Å². The number of hydrogen-bond acceptors (Lipinski definition) is 6. The van der Waals surface area contributed by atoms with E-state index in [2.05, 4.69) is 35.3 Å². The van der Waals surface area contributed by atoms with Crippen LogP contribution in [-0.4, -0.2) is 44.5 Å². The molecule has 1 amide bonds. The zero-order chi connectivity index (χ0) is 22.1. The van der Waals surface area contributed by atoms with E-state index >= 15 is 0 Å². The molecule has 1 saturated heterocycles. The quantitative estimate of drug-likeness (QED) is 0.538. The van der Waals surface area contributed by atoms with Gasteiger partial charge in [-0.2, -0.15) is 4.98 Å². The molecule has 1 atom stereocenters. The Kier molecular flexibility index (Phi) is 5.95. The van der Waals surface area contributed by atoms with E-state index < -0.39 is 11.7 Å². The van der Waals surface area contributed by atoms with Crippen molar-refractivity contribution in [3.05, 3.63) is 41.8 Å². The lowest BCUT2D eigenvalue weighted by atomic mass is 10.2. The number of anilines is 2. The number of aryl methyl sites for hydroxylation is 1. The first-order chi connectivity index (χ1) is 14.8. The molecule has 1 N–H and O–H groups in total. The summed E-state index contributed by atoms with van der Waals surface area (Å²) >= 11 is 1.55. The van der Waals surface area contributed by atoms with E-state index in [1.807, 2.05) is 31.5 Å². The fourth-order valence-electron chi connectivity index (χ4n) is 3.72. The highest BCUT2D eigenvalue weighted by molar-refractivity contribution is 7.15. The highest BCUT2D eigenvalue weighted by atomic mass is 32.1. The van der Waals surface area contributed by atoms with Crippen LogP contribution in [-0.2, 0) is 11.3 Å². The van der Waals surface area contributed by atoms with Gasteiger partial charge in [-0.25, -0.2) is 9.37 Å². The van der Waals surface area contributed by atoms with E-state index in [4.69, 9.17) is 9.72 Å². The Hall–Kier alpha value is -2.94. The van der Waals surface area contributed by atoms with E-state index in [-0.39, 0.29) is 6.10 Å². The first kappa shape index (κ1) is 21.3. The maximum absolute atomic E-state index is 13.2. The molecule has 0 radical (unpaired) electrons. The lowest BCUT2D eigenvalue weighted by molar-refractivity contribution is -0.127. The zero-order valence-corrected chi connectivity index (χ0v) is 18.7. The Bertz CT molecular complexity index is 1120. The van der Waals surface area contributed by atoms with Crippen molar-refractivity contribution in [1.29, 1.82) is 0 Å². The number of carbonyl (C=O) groups excluding carboxylic acids is 1. The highest BCUT2D eigenvalue weighted by Crippen LogP contribution is 2.32. The van der Waals surface area contributed by atoms with Gasteiger partial charge in [0.1, 0.15) is 11.9 Å². The van der Waals surface area contributed by atoms with Gasteiger partial charge in [-0.05, 0) is 18.9 Å². The van der Waals surface area contributed by atoms with Crippen LogP contribution in [0.1, 0.15) is 25.1 Å². The lowest BCUT2D eigenvalue weighted by Crippen LogP contribution is -2.31. The maximum atomic E-state index is 13.2. The zero-order valence-electron chi connectivity index (χ0n) is 17.9. The van der Waals surface area contributed by atoms with Crippen molar-refractivity contribution in [3.8, 4) is 5.88 Å². The standard InChI is InChI=1S/C22H26FN5O2S/c1-13(2)11-27-8-6-17-18(27)9-19(26-22-24-10-14(3)31-22)25-20(17)30-16-5-7-28(12-16)21(29)15(4)23/h6,8-10,13,16H,4-5,7,11-12H2,1-3H3,(H,24,25,26). The Morgan fingerprint density at radius 1 is 1.48 bits per heavy atom. The monoisotopic (exact) mass is 443 g/mol. The molecule has 164 valence electrons. The SMILES string of the molecule is C=C(F)C(=O)N1CCC(Oc2nc(Nc3ncc(C)s3)cc3c2ccn3CC(C)C)C1. The van der Waals surface area contributed by atoms with Gasteiger partial charge in [-0.3, -0.25) is 4.79 Å². The van der Waals surface area contributed by atoms with E-state index in [0.717, 1.165) is 27.5 Å². The van der Waals surface area contributed by atoms with Gasteiger partial charge in [0.15, 0.2) is 11.0 Å². The van der Waals surface area contributed by atoms with Crippen molar-refractivity contribution in [1.82, 2.24) is 19.4 Å². The van der Waals surface area contributed by atoms with Crippen LogP contribution in [0.5, 0.6) is 5.88 Å². The molecule has 3 aromatic heterocycles. The third-order valence-electron chi connectivity index (χ3n) is 5.09. The van der Waals surface area contributed by atoms with Crippen molar-refractivity contribution < 1.29 is 13.9 Å². The smallest absolute Gasteiger partial charge is 0.282 e. The molecule has 9 heteroatoms. The maximum Gasteiger partial charge on any atom is 0.282 e. The number of pyridine rings is 1. The minimum Gasteiger partial charge on any atom is -0.472 e. The molecule has 0 aliphatic carbocycles. The van der Waals surface area contributed by atoms with Gasteiger partial charge in [0, 0.05) is 42.8 Å². The van der Waals surface area contributed by atoms with Crippen molar-refractivity contribution in [2.24, 2.45) is 5.92 Å². The first-order valence-corrected chi connectivity index (χ1v) is 11.1. The van der Waals surface area contributed by atoms with Gasteiger partial charge in [0.05, 0.1) is 17.4 Å². The molecule has 7 nitrogen and oxygen atoms in total. The van der Waals surface area contributed by atoms with Gasteiger partial charge in [-0.15, -0.1) is 11.3 Å². The van der Waals surface area contributed by atoms with Crippen molar-refractivity contribution in [2.75, 3.05) is 18.4 Å². The Balaban J connectivity index is 1.64. The molecule has 0 saturated carbocycles. The molecule has 0 bridgehead atoms. The first-order valence-electron chi connectivity index (χ1n) is 10.3. The molecule has 3 aromatic rings. The highest BCUT2D eigenvalue weighted by Gasteiger charge is 2.30. The van der Waals surface area contributed by atoms with E-state index in [9.17, 15) is 9.18 Å². The fourth-order valence-corrected chi connectivity index (χ4v) is 4.40. The lowest BCUT2D eigenvalue weighted by Gasteiger charge is -2.17.